The van der Waals surface area contributed by atoms with Gasteiger partial charge in [0.05, 0.1) is 11.1 Å². The molecule has 2 aromatic rings. The molecule has 40 heavy (non-hydrogen) atoms. The third-order valence-electron chi connectivity index (χ3n) is 7.39. The second kappa shape index (κ2) is 11.3. The molecule has 2 aromatic heterocycles. The zero-order valence-electron chi connectivity index (χ0n) is 23.6. The van der Waals surface area contributed by atoms with Gasteiger partial charge in [0.15, 0.2) is 11.7 Å². The Morgan fingerprint density at radius 2 is 1.32 bits per heavy atom. The van der Waals surface area contributed by atoms with E-state index >= 15 is 0 Å². The van der Waals surface area contributed by atoms with Gasteiger partial charge < -0.3 is 20.8 Å². The molecule has 2 unspecified atom stereocenters. The van der Waals surface area contributed by atoms with Gasteiger partial charge in [-0.25, -0.2) is 19.6 Å². The van der Waals surface area contributed by atoms with Gasteiger partial charge in [0.2, 0.25) is 0 Å². The highest BCUT2D eigenvalue weighted by Crippen LogP contribution is 2.28. The van der Waals surface area contributed by atoms with Crippen LogP contribution in [-0.2, 0) is 16.0 Å². The van der Waals surface area contributed by atoms with Crippen LogP contribution in [0.1, 0.15) is 86.1 Å². The summed E-state index contributed by atoms with van der Waals surface area (Å²) < 4.78 is 0. The summed E-state index contributed by atoms with van der Waals surface area (Å²) in [5, 5.41) is 23.7. The topological polar surface area (TPSA) is 183 Å². The van der Waals surface area contributed by atoms with Crippen molar-refractivity contribution in [3.8, 4) is 0 Å². The van der Waals surface area contributed by atoms with Crippen molar-refractivity contribution >= 4 is 35.4 Å². The van der Waals surface area contributed by atoms with Gasteiger partial charge in [-0.05, 0) is 55.9 Å². The molecule has 0 saturated carbocycles. The number of carboxylic acids is 2. The fourth-order valence-electron chi connectivity index (χ4n) is 3.92. The van der Waals surface area contributed by atoms with Crippen LogP contribution < -0.4 is 10.6 Å². The molecule has 0 spiro atoms. The number of aliphatic imine (C=N–C) groups is 2. The van der Waals surface area contributed by atoms with Gasteiger partial charge in [-0.3, -0.25) is 19.6 Å². The molecule has 0 bridgehead atoms. The Morgan fingerprint density at radius 1 is 0.850 bits per heavy atom. The lowest BCUT2D eigenvalue weighted by molar-refractivity contribution is -0.125. The third kappa shape index (κ3) is 5.61. The third-order valence-corrected chi connectivity index (χ3v) is 7.39. The van der Waals surface area contributed by atoms with E-state index in [0.717, 1.165) is 5.56 Å². The Kier molecular flexibility index (Phi) is 8.51. The lowest BCUT2D eigenvalue weighted by Gasteiger charge is -2.21. The minimum absolute atomic E-state index is 0.00167. The van der Waals surface area contributed by atoms with Gasteiger partial charge in [0.1, 0.15) is 22.5 Å². The van der Waals surface area contributed by atoms with Crippen molar-refractivity contribution in [3.63, 3.8) is 0 Å². The molecular formula is C28H34N6O6. The van der Waals surface area contributed by atoms with Crippen LogP contribution in [0.5, 0.6) is 0 Å². The summed E-state index contributed by atoms with van der Waals surface area (Å²) >= 11 is 0. The zero-order chi connectivity index (χ0) is 30.0. The van der Waals surface area contributed by atoms with Gasteiger partial charge in [-0.15, -0.1) is 0 Å². The van der Waals surface area contributed by atoms with E-state index < -0.39 is 23.0 Å². The van der Waals surface area contributed by atoms with E-state index in [1.807, 2.05) is 34.6 Å². The number of carbonyl (C=O) groups excluding carboxylic acids is 2. The molecule has 0 aromatic carbocycles. The maximum atomic E-state index is 12.1. The molecule has 212 valence electrons. The smallest absolute Gasteiger partial charge is 0.338 e. The number of nitrogens with zero attached hydrogens (tertiary/aromatic N) is 4. The summed E-state index contributed by atoms with van der Waals surface area (Å²) in [6, 6.07) is 4.54. The summed E-state index contributed by atoms with van der Waals surface area (Å²) in [4.78, 5) is 63.6. The molecule has 2 aliphatic rings. The molecule has 0 aliphatic carbocycles. The number of aromatic nitrogens is 2. The first kappa shape index (κ1) is 30.1. The Bertz CT molecular complexity index is 1430. The van der Waals surface area contributed by atoms with Gasteiger partial charge in [0, 0.05) is 12.4 Å². The van der Waals surface area contributed by atoms with E-state index in [0.29, 0.717) is 6.42 Å². The SMILES string of the molecule is CC(C)C1(C)N=C(c2ncccc2C(=O)O)NC1=O.CCc1cnc(C2=NC(C)(C(C)C)C(=O)N2)c(C(=O)O)c1. The van der Waals surface area contributed by atoms with E-state index in [1.54, 1.807) is 26.1 Å². The van der Waals surface area contributed by atoms with E-state index in [4.69, 9.17) is 5.11 Å². The first-order valence-corrected chi connectivity index (χ1v) is 12.9. The Balaban J connectivity index is 0.000000222. The van der Waals surface area contributed by atoms with Crippen LogP contribution in [0.3, 0.4) is 0 Å². The number of hydrogen-bond acceptors (Lipinski definition) is 8. The Morgan fingerprint density at radius 3 is 1.73 bits per heavy atom. The number of pyridine rings is 2. The van der Waals surface area contributed by atoms with Crippen molar-refractivity contribution in [2.45, 2.75) is 66.0 Å². The average Bonchev–Trinajstić information content (AvgIpc) is 3.40. The molecular weight excluding hydrogens is 516 g/mol. The molecule has 0 saturated heterocycles. The molecule has 4 rings (SSSR count). The number of carbonyl (C=O) groups is 4. The van der Waals surface area contributed by atoms with E-state index in [-0.39, 0.29) is 57.8 Å². The van der Waals surface area contributed by atoms with Crippen LogP contribution >= 0.6 is 0 Å². The molecule has 0 radical (unpaired) electrons. The summed E-state index contributed by atoms with van der Waals surface area (Å²) in [6.45, 7) is 13.0. The van der Waals surface area contributed by atoms with Crippen molar-refractivity contribution in [2.24, 2.45) is 21.8 Å². The van der Waals surface area contributed by atoms with Crippen molar-refractivity contribution < 1.29 is 29.4 Å². The molecule has 4 heterocycles. The van der Waals surface area contributed by atoms with Crippen LogP contribution in [0.15, 0.2) is 40.6 Å². The van der Waals surface area contributed by atoms with E-state index in [2.05, 4.69) is 30.6 Å². The number of rotatable bonds is 7. The monoisotopic (exact) mass is 550 g/mol. The maximum absolute atomic E-state index is 12.1. The fraction of sp³-hybridized carbons (Fsp3) is 0.429. The van der Waals surface area contributed by atoms with Gasteiger partial charge in [-0.1, -0.05) is 34.6 Å². The first-order valence-electron chi connectivity index (χ1n) is 12.9. The molecule has 0 fully saturated rings. The second-order valence-corrected chi connectivity index (χ2v) is 10.5. The fourth-order valence-corrected chi connectivity index (χ4v) is 3.92. The van der Waals surface area contributed by atoms with Gasteiger partial charge >= 0.3 is 11.9 Å². The lowest BCUT2D eigenvalue weighted by atomic mass is 9.89. The summed E-state index contributed by atoms with van der Waals surface area (Å²) in [7, 11) is 0. The highest BCUT2D eigenvalue weighted by Gasteiger charge is 2.44. The van der Waals surface area contributed by atoms with Crippen LogP contribution in [0.2, 0.25) is 0 Å². The molecule has 2 amide bonds. The molecule has 12 nitrogen and oxygen atoms in total. The maximum Gasteiger partial charge on any atom is 0.338 e. The van der Waals surface area contributed by atoms with Crippen molar-refractivity contribution in [2.75, 3.05) is 0 Å². The summed E-state index contributed by atoms with van der Waals surface area (Å²) in [5.41, 5.74) is -0.479. The van der Waals surface area contributed by atoms with E-state index in [1.165, 1.54) is 18.3 Å². The van der Waals surface area contributed by atoms with Crippen LogP contribution in [-0.4, -0.2) is 66.7 Å². The predicted molar refractivity (Wildman–Crippen MR) is 148 cm³/mol. The highest BCUT2D eigenvalue weighted by molar-refractivity contribution is 6.18. The number of aromatic carboxylic acids is 2. The molecule has 12 heteroatoms. The van der Waals surface area contributed by atoms with Crippen LogP contribution in [0, 0.1) is 11.8 Å². The van der Waals surface area contributed by atoms with E-state index in [9.17, 15) is 24.3 Å². The molecule has 2 aliphatic heterocycles. The van der Waals surface area contributed by atoms with Crippen molar-refractivity contribution in [1.29, 1.82) is 0 Å². The molecule has 2 atom stereocenters. The number of amides is 2. The predicted octanol–water partition coefficient (Wildman–Crippen LogP) is 2.70. The quantitative estimate of drug-likeness (QED) is 0.405. The standard InChI is InChI=1S/C15H19N3O3.C13H15N3O3/c1-5-9-6-10(13(19)20)11(16-7-9)12-17-14(21)15(4,18-12)8(2)3;1-7(2)13(3)12(19)15-10(16-13)9-8(11(17)18)5-4-6-14-9/h6-8H,5H2,1-4H3,(H,19,20)(H,17,18,21);4-7H,1-3H3,(H,17,18)(H,15,16,19). The minimum Gasteiger partial charge on any atom is -0.478 e. The van der Waals surface area contributed by atoms with Crippen LogP contribution in [0.25, 0.3) is 0 Å². The lowest BCUT2D eigenvalue weighted by Crippen LogP contribution is -2.41. The van der Waals surface area contributed by atoms with Crippen molar-refractivity contribution in [1.82, 2.24) is 20.6 Å². The molecule has 4 N–H and O–H groups in total. The number of hydrogen-bond donors (Lipinski definition) is 4. The highest BCUT2D eigenvalue weighted by atomic mass is 16.4. The normalized spacial score (nSPS) is 21.8. The number of carboxylic acid groups (broad SMARTS) is 2. The summed E-state index contributed by atoms with van der Waals surface area (Å²) in [5.74, 6) is -2.19. The number of aryl methyl sites for hydroxylation is 1. The van der Waals surface area contributed by atoms with Gasteiger partial charge in [-0.2, -0.15) is 0 Å². The average molecular weight is 551 g/mol. The second-order valence-electron chi connectivity index (χ2n) is 10.5. The van der Waals surface area contributed by atoms with Gasteiger partial charge in [0.25, 0.3) is 11.8 Å². The minimum atomic E-state index is -1.10. The zero-order valence-corrected chi connectivity index (χ0v) is 23.6. The summed E-state index contributed by atoms with van der Waals surface area (Å²) in [6.07, 6.45) is 3.78. The number of nitrogens with one attached hydrogen (secondary N) is 2. The largest absolute Gasteiger partial charge is 0.478 e. The van der Waals surface area contributed by atoms with Crippen LogP contribution in [0.4, 0.5) is 0 Å². The number of amidine groups is 2. The van der Waals surface area contributed by atoms with Crippen molar-refractivity contribution in [3.05, 3.63) is 58.7 Å². The Hall–Kier alpha value is -4.48. The first-order chi connectivity index (χ1) is 18.6. The Labute approximate surface area is 232 Å².